The third-order valence-corrected chi connectivity index (χ3v) is 6.19. The maximum Gasteiger partial charge on any atom is 0.328 e. The van der Waals surface area contributed by atoms with Gasteiger partial charge in [-0.05, 0) is 56.1 Å². The summed E-state index contributed by atoms with van der Waals surface area (Å²) in [5.41, 5.74) is 0. The van der Waals surface area contributed by atoms with Crippen molar-refractivity contribution < 1.29 is 29.3 Å². The Hall–Kier alpha value is -2.95. The van der Waals surface area contributed by atoms with Crippen molar-refractivity contribution in [1.82, 2.24) is 15.2 Å². The Morgan fingerprint density at radius 2 is 1.75 bits per heavy atom. The van der Waals surface area contributed by atoms with E-state index in [1.807, 2.05) is 0 Å². The van der Waals surface area contributed by atoms with E-state index in [-0.39, 0.29) is 11.9 Å². The van der Waals surface area contributed by atoms with E-state index >= 15 is 0 Å². The van der Waals surface area contributed by atoms with Crippen molar-refractivity contribution in [3.63, 3.8) is 0 Å². The molecule has 1 amide bonds. The average molecular weight is 480 g/mol. The zero-order valence-corrected chi connectivity index (χ0v) is 18.5. The minimum atomic E-state index is -1.26. The Bertz CT molecular complexity index is 970. The number of carbonyl (C=O) groups is 3. The zero-order valence-electron chi connectivity index (χ0n) is 16.9. The molecule has 3 aliphatic heterocycles. The lowest BCUT2D eigenvalue weighted by atomic mass is 9.84. The Labute approximate surface area is 193 Å². The second-order valence-electron chi connectivity index (χ2n) is 7.27. The number of amides is 1. The van der Waals surface area contributed by atoms with Gasteiger partial charge >= 0.3 is 11.9 Å². The molecule has 1 aromatic heterocycles. The summed E-state index contributed by atoms with van der Waals surface area (Å²) < 4.78 is 5.66. The number of rotatable bonds is 6. The number of carboxylic acids is 2. The van der Waals surface area contributed by atoms with Crippen LogP contribution in [0.5, 0.6) is 10.9 Å². The molecule has 0 unspecified atom stereocenters. The van der Waals surface area contributed by atoms with Crippen LogP contribution in [-0.4, -0.2) is 63.6 Å². The highest BCUT2D eigenvalue weighted by Crippen LogP contribution is 2.30. The summed E-state index contributed by atoms with van der Waals surface area (Å²) in [6.45, 7) is 3.29. The molecule has 11 heteroatoms. The molecule has 2 aromatic rings. The molecule has 1 aromatic carbocycles. The summed E-state index contributed by atoms with van der Waals surface area (Å²) in [6.07, 6.45) is 5.05. The fraction of sp³-hybridized carbons (Fsp3) is 0.333. The number of carboxylic acid groups (broad SMARTS) is 2. The minimum Gasteiger partial charge on any atom is -0.478 e. The molecule has 0 saturated carbocycles. The molecule has 0 radical (unpaired) electrons. The number of carbonyl (C=O) groups excluding carboxylic acids is 1. The Morgan fingerprint density at radius 3 is 2.28 bits per heavy atom. The van der Waals surface area contributed by atoms with Crippen LogP contribution in [0.15, 0.2) is 42.6 Å². The van der Waals surface area contributed by atoms with Gasteiger partial charge in [-0.2, -0.15) is 0 Å². The van der Waals surface area contributed by atoms with Crippen molar-refractivity contribution in [2.75, 3.05) is 19.6 Å². The Kier molecular flexibility index (Phi) is 8.20. The van der Waals surface area contributed by atoms with Gasteiger partial charge < -0.3 is 25.2 Å². The lowest BCUT2D eigenvalue weighted by Gasteiger charge is -2.44. The van der Waals surface area contributed by atoms with Crippen molar-refractivity contribution in [2.24, 2.45) is 5.92 Å². The third kappa shape index (κ3) is 7.04. The zero-order chi connectivity index (χ0) is 23.1. The van der Waals surface area contributed by atoms with Crippen LogP contribution >= 0.6 is 22.9 Å². The van der Waals surface area contributed by atoms with E-state index in [9.17, 15) is 14.4 Å². The van der Waals surface area contributed by atoms with Crippen LogP contribution in [0, 0.1) is 5.92 Å². The van der Waals surface area contributed by atoms with E-state index in [1.165, 1.54) is 24.2 Å². The maximum absolute atomic E-state index is 12.5. The first-order valence-electron chi connectivity index (χ1n) is 9.86. The number of thiazole rings is 1. The molecule has 4 heterocycles. The number of hydrogen-bond acceptors (Lipinski definition) is 7. The fourth-order valence-electron chi connectivity index (χ4n) is 3.52. The van der Waals surface area contributed by atoms with Gasteiger partial charge in [0.05, 0.1) is 6.20 Å². The van der Waals surface area contributed by atoms with Gasteiger partial charge in [-0.15, -0.1) is 0 Å². The monoisotopic (exact) mass is 479 g/mol. The number of benzene rings is 1. The summed E-state index contributed by atoms with van der Waals surface area (Å²) in [4.78, 5) is 38.8. The molecule has 5 rings (SSSR count). The van der Waals surface area contributed by atoms with Crippen molar-refractivity contribution in [3.8, 4) is 10.9 Å². The first kappa shape index (κ1) is 23.7. The van der Waals surface area contributed by atoms with Crippen molar-refractivity contribution >= 4 is 40.8 Å². The molecule has 3 aliphatic rings. The largest absolute Gasteiger partial charge is 0.478 e. The van der Waals surface area contributed by atoms with Gasteiger partial charge in [0.15, 0.2) is 0 Å². The predicted molar refractivity (Wildman–Crippen MR) is 118 cm³/mol. The molecule has 3 fully saturated rings. The molecule has 32 heavy (non-hydrogen) atoms. The topological polar surface area (TPSA) is 129 Å². The summed E-state index contributed by atoms with van der Waals surface area (Å²) in [5, 5.41) is 19.9. The molecule has 2 bridgehead atoms. The van der Waals surface area contributed by atoms with Gasteiger partial charge in [-0.25, -0.2) is 14.6 Å². The number of aliphatic carboxylic acids is 2. The second-order valence-corrected chi connectivity index (χ2v) is 8.70. The second kappa shape index (κ2) is 11.1. The quantitative estimate of drug-likeness (QED) is 0.539. The lowest BCUT2D eigenvalue weighted by Crippen LogP contribution is -2.57. The van der Waals surface area contributed by atoms with Crippen molar-refractivity contribution in [2.45, 2.75) is 18.9 Å². The summed E-state index contributed by atoms with van der Waals surface area (Å²) >= 11 is 7.11. The molecule has 3 N–H and O–H groups in total. The molecule has 9 nitrogen and oxygen atoms in total. The highest BCUT2D eigenvalue weighted by Gasteiger charge is 2.35. The van der Waals surface area contributed by atoms with Gasteiger partial charge in [0.25, 0.3) is 11.1 Å². The highest BCUT2D eigenvalue weighted by molar-refractivity contribution is 7.15. The van der Waals surface area contributed by atoms with E-state index in [2.05, 4.69) is 15.2 Å². The molecule has 0 aliphatic carbocycles. The van der Waals surface area contributed by atoms with E-state index in [1.54, 1.807) is 30.5 Å². The first-order valence-corrected chi connectivity index (χ1v) is 11.1. The first-order chi connectivity index (χ1) is 15.3. The lowest BCUT2D eigenvalue weighted by molar-refractivity contribution is -0.134. The van der Waals surface area contributed by atoms with Gasteiger partial charge in [-0.1, -0.05) is 22.9 Å². The summed E-state index contributed by atoms with van der Waals surface area (Å²) in [5.74, 6) is -1.31. The van der Waals surface area contributed by atoms with Crippen LogP contribution in [0.25, 0.3) is 0 Å². The van der Waals surface area contributed by atoms with Gasteiger partial charge in [-0.3, -0.25) is 4.79 Å². The third-order valence-electron chi connectivity index (χ3n) is 5.07. The molecule has 1 atom stereocenters. The van der Waals surface area contributed by atoms with Crippen LogP contribution < -0.4 is 10.1 Å². The minimum absolute atomic E-state index is 0.0581. The Balaban J connectivity index is 0.000000312. The normalized spacial score (nSPS) is 21.5. The van der Waals surface area contributed by atoms with E-state index in [0.717, 1.165) is 19.6 Å². The SMILES string of the molecule is O=C(N[C@H]1CN2CCC1CC2)c1cnc(Oc2ccc(Cl)cc2)s1.O=C(O)C=CC(=O)O. The number of piperidine rings is 3. The number of halogens is 1. The van der Waals surface area contributed by atoms with Gasteiger partial charge in [0, 0.05) is 29.8 Å². The maximum atomic E-state index is 12.5. The van der Waals surface area contributed by atoms with Crippen molar-refractivity contribution in [3.05, 3.63) is 52.5 Å². The standard InChI is InChI=1S/C17H18ClN3O2S.C4H4O4/c18-12-1-3-13(4-2-12)23-17-19-9-15(24-17)16(22)20-14-10-21-7-5-11(14)6-8-21;5-3(6)1-2-4(7)8/h1-4,9,11,14H,5-8,10H2,(H,20,22);1-2H,(H,5,6)(H,7,8)/t14-;/m0./s1. The number of fused-ring (bicyclic) bond motifs is 3. The number of ether oxygens (including phenoxy) is 1. The average Bonchev–Trinajstić information content (AvgIpc) is 3.24. The molecular weight excluding hydrogens is 458 g/mol. The molecule has 170 valence electrons. The highest BCUT2D eigenvalue weighted by atomic mass is 35.5. The van der Waals surface area contributed by atoms with Crippen LogP contribution in [-0.2, 0) is 9.59 Å². The molecule has 0 spiro atoms. The number of aromatic nitrogens is 1. The Morgan fingerprint density at radius 1 is 1.12 bits per heavy atom. The fourth-order valence-corrected chi connectivity index (χ4v) is 4.34. The van der Waals surface area contributed by atoms with Gasteiger partial charge in [0.1, 0.15) is 10.6 Å². The predicted octanol–water partition coefficient (Wildman–Crippen LogP) is 3.12. The van der Waals surface area contributed by atoms with Crippen molar-refractivity contribution in [1.29, 1.82) is 0 Å². The van der Waals surface area contributed by atoms with E-state index < -0.39 is 11.9 Å². The van der Waals surface area contributed by atoms with Crippen LogP contribution in [0.3, 0.4) is 0 Å². The summed E-state index contributed by atoms with van der Waals surface area (Å²) in [7, 11) is 0. The van der Waals surface area contributed by atoms with E-state index in [0.29, 0.717) is 38.9 Å². The van der Waals surface area contributed by atoms with Gasteiger partial charge in [0.2, 0.25) is 0 Å². The van der Waals surface area contributed by atoms with E-state index in [4.69, 9.17) is 26.6 Å². The van der Waals surface area contributed by atoms with Crippen LogP contribution in [0.2, 0.25) is 5.02 Å². The van der Waals surface area contributed by atoms with Crippen LogP contribution in [0.4, 0.5) is 0 Å². The smallest absolute Gasteiger partial charge is 0.328 e. The number of nitrogens with one attached hydrogen (secondary N) is 1. The molecular formula is C21H22ClN3O6S. The summed E-state index contributed by atoms with van der Waals surface area (Å²) in [6, 6.07) is 7.31. The number of hydrogen-bond donors (Lipinski definition) is 3. The van der Waals surface area contributed by atoms with Crippen LogP contribution in [0.1, 0.15) is 22.5 Å². The number of nitrogens with zero attached hydrogens (tertiary/aromatic N) is 2. The molecule has 3 saturated heterocycles.